The molecule has 6 rings (SSSR count). The molecule has 0 unspecified atom stereocenters. The lowest BCUT2D eigenvalue weighted by Gasteiger charge is -2.72. The normalized spacial score (nSPS) is 42.7. The minimum absolute atomic E-state index is 0.111. The lowest BCUT2D eigenvalue weighted by atomic mass is 9.33. The van der Waals surface area contributed by atoms with Gasteiger partial charge in [0, 0.05) is 17.1 Å². The van der Waals surface area contributed by atoms with E-state index in [4.69, 9.17) is 14.2 Å². The van der Waals surface area contributed by atoms with Crippen molar-refractivity contribution in [2.45, 2.75) is 124 Å². The van der Waals surface area contributed by atoms with Crippen LogP contribution in [-0.2, 0) is 9.53 Å². The molecule has 10 atom stereocenters. The van der Waals surface area contributed by atoms with Gasteiger partial charge >= 0.3 is 5.97 Å². The van der Waals surface area contributed by atoms with Crippen molar-refractivity contribution in [3.05, 3.63) is 41.5 Å². The van der Waals surface area contributed by atoms with Gasteiger partial charge in [0.05, 0.1) is 19.8 Å². The highest BCUT2D eigenvalue weighted by molar-refractivity contribution is 5.87. The Morgan fingerprint density at radius 1 is 0.870 bits per heavy atom. The van der Waals surface area contributed by atoms with Crippen LogP contribution in [0.1, 0.15) is 117 Å². The summed E-state index contributed by atoms with van der Waals surface area (Å²) in [4.78, 5) is 13.3. The number of benzene rings is 1. The molecular weight excluding hydrogens is 572 g/mol. The van der Waals surface area contributed by atoms with Crippen LogP contribution in [0.4, 0.5) is 0 Å². The van der Waals surface area contributed by atoms with E-state index in [0.717, 1.165) is 61.2 Å². The molecule has 5 aliphatic carbocycles. The van der Waals surface area contributed by atoms with E-state index in [1.54, 1.807) is 26.4 Å². The Morgan fingerprint density at radius 2 is 1.54 bits per heavy atom. The predicted molar refractivity (Wildman–Crippen MR) is 185 cm³/mol. The van der Waals surface area contributed by atoms with E-state index in [2.05, 4.69) is 48.1 Å². The highest BCUT2D eigenvalue weighted by Crippen LogP contribution is 2.76. The smallest absolute Gasteiger partial charge is 0.331 e. The van der Waals surface area contributed by atoms with E-state index < -0.39 is 5.60 Å². The van der Waals surface area contributed by atoms with Crippen LogP contribution in [0.25, 0.3) is 6.08 Å². The molecule has 5 nitrogen and oxygen atoms in total. The minimum atomic E-state index is -0.506. The van der Waals surface area contributed by atoms with E-state index >= 15 is 0 Å². The topological polar surface area (TPSA) is 65.0 Å². The Balaban J connectivity index is 1.21. The van der Waals surface area contributed by atoms with Gasteiger partial charge in [-0.3, -0.25) is 0 Å². The summed E-state index contributed by atoms with van der Waals surface area (Å²) >= 11 is 0. The van der Waals surface area contributed by atoms with Crippen molar-refractivity contribution >= 4 is 12.0 Å². The number of hydrogen-bond acceptors (Lipinski definition) is 5. The zero-order valence-electron chi connectivity index (χ0n) is 30.1. The number of esters is 1. The van der Waals surface area contributed by atoms with Gasteiger partial charge in [-0.2, -0.15) is 0 Å². The van der Waals surface area contributed by atoms with Crippen molar-refractivity contribution < 1.29 is 24.1 Å². The molecule has 5 fully saturated rings. The molecule has 5 aliphatic rings. The fourth-order valence-corrected chi connectivity index (χ4v) is 12.9. The summed E-state index contributed by atoms with van der Waals surface area (Å²) in [6, 6.07) is 3.84. The van der Waals surface area contributed by atoms with Crippen LogP contribution in [0.15, 0.2) is 30.4 Å². The average molecular weight is 633 g/mol. The molecule has 1 aromatic carbocycles. The molecule has 46 heavy (non-hydrogen) atoms. The van der Waals surface area contributed by atoms with Gasteiger partial charge in [0.2, 0.25) is 0 Å². The number of carbonyl (C=O) groups is 1. The van der Waals surface area contributed by atoms with Crippen molar-refractivity contribution in [1.82, 2.24) is 0 Å². The van der Waals surface area contributed by atoms with Crippen LogP contribution in [0.2, 0.25) is 0 Å². The van der Waals surface area contributed by atoms with Crippen LogP contribution in [-0.4, -0.2) is 37.0 Å². The van der Waals surface area contributed by atoms with E-state index in [1.165, 1.54) is 31.3 Å². The third-order valence-electron chi connectivity index (χ3n) is 15.4. The van der Waals surface area contributed by atoms with Gasteiger partial charge < -0.3 is 19.3 Å². The molecule has 1 N–H and O–H groups in total. The maximum absolute atomic E-state index is 13.3. The summed E-state index contributed by atoms with van der Waals surface area (Å²) in [7, 11) is 3.29. The van der Waals surface area contributed by atoms with Gasteiger partial charge in [-0.05, 0) is 148 Å². The zero-order valence-corrected chi connectivity index (χ0v) is 30.1. The molecule has 1 aromatic rings. The Kier molecular flexibility index (Phi) is 8.35. The standard InChI is InChI=1S/C41H60O5/c1-25(2)28-15-20-41(43)22-21-39(7)29(36(28)41)12-13-33-38(6)18-17-34(37(4,5)32(38)16-19-40(33,39)8)46-35(42)14-11-27-23-30(44-9)26(3)31(24-27)45-10/h11,14,23-24,28-29,32-34,36,43H,1,12-13,15-22H2,2-10H3/b14-11+/t28-,29+,32-,33+,34-,36+,38-,39+,40+,41-/m0/s1. The first-order valence-electron chi connectivity index (χ1n) is 18.0. The number of fused-ring (bicyclic) bond motifs is 7. The SMILES string of the molecule is C=C(C)[C@@H]1CC[C@]2(O)CC[C@]3(C)[C@H](CC[C@@H]4[C@@]5(C)CC[C@H](OC(=O)/C=C/c6cc(OC)c(C)c(OC)c6)C(C)(C)[C@@H]5CC[C@]43C)[C@@H]12. The largest absolute Gasteiger partial charge is 0.496 e. The maximum atomic E-state index is 13.3. The number of rotatable bonds is 6. The van der Waals surface area contributed by atoms with Crippen LogP contribution >= 0.6 is 0 Å². The molecule has 0 saturated heterocycles. The second-order valence-electron chi connectivity index (χ2n) is 17.5. The molecule has 0 heterocycles. The number of allylic oxidation sites excluding steroid dienone is 1. The van der Waals surface area contributed by atoms with Gasteiger partial charge in [-0.15, -0.1) is 0 Å². The number of carbonyl (C=O) groups excluding carboxylic acids is 1. The summed E-state index contributed by atoms with van der Waals surface area (Å²) in [6.07, 6.45) is 14.2. The zero-order chi connectivity index (χ0) is 33.4. The van der Waals surface area contributed by atoms with Crippen molar-refractivity contribution in [1.29, 1.82) is 0 Å². The number of methoxy groups -OCH3 is 2. The Hall–Kier alpha value is -2.27. The lowest BCUT2D eigenvalue weighted by Crippen LogP contribution is -2.67. The van der Waals surface area contributed by atoms with E-state index in [0.29, 0.717) is 29.6 Å². The van der Waals surface area contributed by atoms with Gasteiger partial charge in [0.1, 0.15) is 17.6 Å². The first kappa shape index (κ1) is 33.6. The Bertz CT molecular complexity index is 1380. The molecule has 254 valence electrons. The fraction of sp³-hybridized carbons (Fsp3) is 0.732. The third-order valence-corrected chi connectivity index (χ3v) is 15.4. The molecule has 0 amide bonds. The summed E-state index contributed by atoms with van der Waals surface area (Å²) in [6.45, 7) is 21.1. The monoisotopic (exact) mass is 632 g/mol. The van der Waals surface area contributed by atoms with Crippen molar-refractivity contribution in [2.75, 3.05) is 14.2 Å². The highest BCUT2D eigenvalue weighted by atomic mass is 16.5. The Labute approximate surface area is 278 Å². The summed E-state index contributed by atoms with van der Waals surface area (Å²) in [5.74, 6) is 3.68. The molecule has 5 saturated carbocycles. The van der Waals surface area contributed by atoms with Gasteiger partial charge in [0.25, 0.3) is 0 Å². The molecule has 0 radical (unpaired) electrons. The van der Waals surface area contributed by atoms with Crippen molar-refractivity contribution in [3.63, 3.8) is 0 Å². The maximum Gasteiger partial charge on any atom is 0.331 e. The van der Waals surface area contributed by atoms with Crippen molar-refractivity contribution in [3.8, 4) is 11.5 Å². The van der Waals surface area contributed by atoms with E-state index in [9.17, 15) is 9.90 Å². The van der Waals surface area contributed by atoms with Crippen LogP contribution in [0, 0.1) is 58.2 Å². The molecule has 0 aliphatic heterocycles. The fourth-order valence-electron chi connectivity index (χ4n) is 12.9. The van der Waals surface area contributed by atoms with Gasteiger partial charge in [-0.1, -0.05) is 46.8 Å². The second-order valence-corrected chi connectivity index (χ2v) is 17.5. The average Bonchev–Trinajstić information content (AvgIpc) is 3.36. The summed E-state index contributed by atoms with van der Waals surface area (Å²) in [5.41, 5.74) is 3.09. The Morgan fingerprint density at radius 3 is 2.17 bits per heavy atom. The third kappa shape index (κ3) is 4.83. The summed E-state index contributed by atoms with van der Waals surface area (Å²) < 4.78 is 17.3. The molecule has 0 spiro atoms. The number of ether oxygens (including phenoxy) is 3. The molecule has 0 bridgehead atoms. The number of aliphatic hydroxyl groups is 1. The first-order chi connectivity index (χ1) is 21.6. The lowest BCUT2D eigenvalue weighted by molar-refractivity contribution is -0.255. The van der Waals surface area contributed by atoms with Crippen LogP contribution in [0.5, 0.6) is 11.5 Å². The minimum Gasteiger partial charge on any atom is -0.496 e. The van der Waals surface area contributed by atoms with Crippen LogP contribution in [0.3, 0.4) is 0 Å². The molecule has 5 heteroatoms. The van der Waals surface area contributed by atoms with Crippen LogP contribution < -0.4 is 9.47 Å². The molecule has 0 aromatic heterocycles. The van der Waals surface area contributed by atoms with E-state index in [1.807, 2.05) is 19.1 Å². The van der Waals surface area contributed by atoms with Gasteiger partial charge in [-0.25, -0.2) is 4.79 Å². The highest BCUT2D eigenvalue weighted by Gasteiger charge is 2.71. The predicted octanol–water partition coefficient (Wildman–Crippen LogP) is 9.34. The van der Waals surface area contributed by atoms with E-state index in [-0.39, 0.29) is 33.7 Å². The first-order valence-corrected chi connectivity index (χ1v) is 18.0. The second kappa shape index (κ2) is 11.4. The number of hydrogen-bond donors (Lipinski definition) is 1. The molecular formula is C41H60O5. The van der Waals surface area contributed by atoms with Crippen molar-refractivity contribution in [2.24, 2.45) is 51.2 Å². The quantitative estimate of drug-likeness (QED) is 0.192. The summed E-state index contributed by atoms with van der Waals surface area (Å²) in [5, 5.41) is 11.9. The van der Waals surface area contributed by atoms with Gasteiger partial charge in [0.15, 0.2) is 0 Å².